The van der Waals surface area contributed by atoms with Crippen LogP contribution in [0.2, 0.25) is 0 Å². The van der Waals surface area contributed by atoms with Crippen molar-refractivity contribution in [1.82, 2.24) is 24.9 Å². The first-order valence-electron chi connectivity index (χ1n) is 14.7. The fourth-order valence-corrected chi connectivity index (χ4v) is 5.89. The first-order chi connectivity index (χ1) is 20.1. The molecule has 41 heavy (non-hydrogen) atoms. The monoisotopic (exact) mass is 547 g/mol. The van der Waals surface area contributed by atoms with Gasteiger partial charge in [-0.05, 0) is 48.9 Å². The van der Waals surface area contributed by atoms with Crippen LogP contribution in [-0.2, 0) is 5.54 Å². The van der Waals surface area contributed by atoms with E-state index < -0.39 is 0 Å². The molecule has 0 saturated heterocycles. The van der Waals surface area contributed by atoms with Crippen molar-refractivity contribution in [2.24, 2.45) is 0 Å². The van der Waals surface area contributed by atoms with E-state index >= 15 is 0 Å². The summed E-state index contributed by atoms with van der Waals surface area (Å²) >= 11 is 0. The molecule has 1 aliphatic rings. The number of fused-ring (bicyclic) bond motifs is 3. The number of aromatic nitrogens is 4. The minimum absolute atomic E-state index is 0.0338. The van der Waals surface area contributed by atoms with Gasteiger partial charge in [0, 0.05) is 34.8 Å². The molecule has 0 bridgehead atoms. The van der Waals surface area contributed by atoms with Gasteiger partial charge in [-0.25, -0.2) is 19.3 Å². The molecule has 0 spiro atoms. The van der Waals surface area contributed by atoms with Crippen LogP contribution in [-0.4, -0.2) is 37.3 Å². The molecule has 3 N–H and O–H groups in total. The Morgan fingerprint density at radius 3 is 2.61 bits per heavy atom. The quantitative estimate of drug-likeness (QED) is 0.132. The lowest BCUT2D eigenvalue weighted by molar-refractivity contribution is 0.191. The smallest absolute Gasteiger partial charge is 0.347 e. The van der Waals surface area contributed by atoms with Gasteiger partial charge in [0.2, 0.25) is 0 Å². The number of aromatic amines is 1. The van der Waals surface area contributed by atoms with Gasteiger partial charge in [-0.3, -0.25) is 0 Å². The number of hydrogen-bond donors (Lipinski definition) is 3. The van der Waals surface area contributed by atoms with Crippen LogP contribution in [0, 0.1) is 0 Å². The second-order valence-corrected chi connectivity index (χ2v) is 11.1. The molecule has 0 amide bonds. The molecule has 5 aromatic rings. The van der Waals surface area contributed by atoms with E-state index in [-0.39, 0.29) is 17.3 Å². The van der Waals surface area contributed by atoms with Gasteiger partial charge in [0.05, 0.1) is 17.3 Å². The van der Waals surface area contributed by atoms with Crippen molar-refractivity contribution < 1.29 is 5.11 Å². The number of benzene rings is 2. The molecule has 0 aliphatic heterocycles. The molecule has 0 radical (unpaired) electrons. The molecule has 3 heterocycles. The Morgan fingerprint density at radius 1 is 1.07 bits per heavy atom. The predicted molar refractivity (Wildman–Crippen MR) is 165 cm³/mol. The lowest BCUT2D eigenvalue weighted by atomic mass is 9.71. The molecule has 1 unspecified atom stereocenters. The van der Waals surface area contributed by atoms with Crippen molar-refractivity contribution in [1.29, 1.82) is 0 Å². The van der Waals surface area contributed by atoms with Gasteiger partial charge in [-0.2, -0.15) is 5.10 Å². The normalized spacial score (nSPS) is 15.5. The number of pyridine rings is 2. The molecular weight excluding hydrogens is 510 g/mol. The molecule has 1 saturated carbocycles. The topological polar surface area (TPSA) is 95.3 Å². The molecule has 3 aromatic heterocycles. The number of H-pyrrole nitrogens is 1. The van der Waals surface area contributed by atoms with E-state index in [9.17, 15) is 9.90 Å². The summed E-state index contributed by atoms with van der Waals surface area (Å²) in [6.45, 7) is 2.92. The lowest BCUT2D eigenvalue weighted by Gasteiger charge is -2.43. The lowest BCUT2D eigenvalue weighted by Crippen LogP contribution is -2.48. The Hall–Kier alpha value is -4.07. The molecule has 1 atom stereocenters. The summed E-state index contributed by atoms with van der Waals surface area (Å²) < 4.78 is 1.51. The highest BCUT2D eigenvalue weighted by atomic mass is 16.3. The van der Waals surface area contributed by atoms with Crippen molar-refractivity contribution in [3.63, 3.8) is 0 Å². The molecule has 2 aromatic carbocycles. The maximum Gasteiger partial charge on any atom is 0.347 e. The van der Waals surface area contributed by atoms with Gasteiger partial charge in [-0.15, -0.1) is 0 Å². The van der Waals surface area contributed by atoms with Crippen molar-refractivity contribution >= 4 is 16.6 Å². The molecular formula is C34H37N5O2. The van der Waals surface area contributed by atoms with Gasteiger partial charge < -0.3 is 10.4 Å². The van der Waals surface area contributed by atoms with Crippen molar-refractivity contribution in [2.45, 2.75) is 63.5 Å². The summed E-state index contributed by atoms with van der Waals surface area (Å²) in [6.07, 6.45) is 13.0. The summed E-state index contributed by atoms with van der Waals surface area (Å²) in [5, 5.41) is 21.6. The Labute approximate surface area is 240 Å². The van der Waals surface area contributed by atoms with Crippen LogP contribution in [0.4, 0.5) is 0 Å². The van der Waals surface area contributed by atoms with Crippen LogP contribution >= 0.6 is 0 Å². The summed E-state index contributed by atoms with van der Waals surface area (Å²) in [6, 6.07) is 23.0. The number of rotatable bonds is 11. The summed E-state index contributed by atoms with van der Waals surface area (Å²) in [4.78, 5) is 17.3. The average molecular weight is 548 g/mol. The Bertz CT molecular complexity index is 1720. The maximum atomic E-state index is 12.2. The van der Waals surface area contributed by atoms with Crippen LogP contribution in [0.5, 0.6) is 0 Å². The standard InChI is InChI=1S/C34H37N5O2/c1-2-3-5-12-27(40)13-8-21-35-34(19-9-20-34)26-16-14-25(15-17-26)31-28(24-10-6-4-7-11-24)23-29-30(36-31)18-22-39-32(29)37-38-33(39)41/h4,6-8,10-11,13-18,22-23,27,35,40H,2-3,5,9,12,19-21H2,1H3,(H,38,41)/b13-8+. The van der Waals surface area contributed by atoms with E-state index in [4.69, 9.17) is 4.98 Å². The minimum atomic E-state index is -0.363. The molecule has 1 fully saturated rings. The minimum Gasteiger partial charge on any atom is -0.389 e. The Balaban J connectivity index is 1.29. The molecule has 210 valence electrons. The van der Waals surface area contributed by atoms with Crippen molar-refractivity contribution in [2.75, 3.05) is 6.54 Å². The zero-order valence-electron chi connectivity index (χ0n) is 23.5. The largest absolute Gasteiger partial charge is 0.389 e. The second kappa shape index (κ2) is 11.8. The highest BCUT2D eigenvalue weighted by molar-refractivity contribution is 5.98. The summed E-state index contributed by atoms with van der Waals surface area (Å²) in [7, 11) is 0. The van der Waals surface area contributed by atoms with Crippen molar-refractivity contribution in [3.8, 4) is 22.4 Å². The Kier molecular flexibility index (Phi) is 7.81. The van der Waals surface area contributed by atoms with Crippen molar-refractivity contribution in [3.05, 3.63) is 101 Å². The maximum absolute atomic E-state index is 12.2. The first-order valence-corrected chi connectivity index (χ1v) is 14.7. The van der Waals surface area contributed by atoms with Gasteiger partial charge in [0.15, 0.2) is 5.65 Å². The van der Waals surface area contributed by atoms with Gasteiger partial charge >= 0.3 is 5.69 Å². The van der Waals surface area contributed by atoms with E-state index in [0.717, 1.165) is 65.5 Å². The average Bonchev–Trinajstić information content (AvgIpc) is 3.37. The van der Waals surface area contributed by atoms with Crippen LogP contribution in [0.25, 0.3) is 38.9 Å². The van der Waals surface area contributed by atoms with E-state index in [0.29, 0.717) is 5.65 Å². The number of nitrogens with one attached hydrogen (secondary N) is 2. The Morgan fingerprint density at radius 2 is 1.88 bits per heavy atom. The van der Waals surface area contributed by atoms with E-state index in [2.05, 4.69) is 71.0 Å². The predicted octanol–water partition coefficient (Wildman–Crippen LogP) is 6.37. The van der Waals surface area contributed by atoms with Crippen LogP contribution in [0.1, 0.15) is 57.4 Å². The molecule has 1 aliphatic carbocycles. The third-order valence-corrected chi connectivity index (χ3v) is 8.40. The van der Waals surface area contributed by atoms with E-state index in [1.165, 1.54) is 29.2 Å². The molecule has 7 heteroatoms. The van der Waals surface area contributed by atoms with E-state index in [1.54, 1.807) is 6.20 Å². The van der Waals surface area contributed by atoms with Crippen LogP contribution in [0.3, 0.4) is 0 Å². The fourth-order valence-electron chi connectivity index (χ4n) is 5.89. The van der Waals surface area contributed by atoms with Gasteiger partial charge in [-0.1, -0.05) is 92.9 Å². The highest BCUT2D eigenvalue weighted by Gasteiger charge is 2.37. The number of unbranched alkanes of at least 4 members (excludes halogenated alkanes) is 2. The van der Waals surface area contributed by atoms with Gasteiger partial charge in [0.25, 0.3) is 0 Å². The molecule has 7 nitrogen and oxygen atoms in total. The number of nitrogens with zero attached hydrogens (tertiary/aromatic N) is 3. The summed E-state index contributed by atoms with van der Waals surface area (Å²) in [5.41, 5.74) is 6.33. The second-order valence-electron chi connectivity index (χ2n) is 11.1. The SMILES string of the molecule is CCCCCC(O)/C=C/CNC1(c2ccc(-c3nc4ccn5c(=O)[nH]nc5c4cc3-c3ccccc3)cc2)CCC1. The zero-order valence-corrected chi connectivity index (χ0v) is 23.5. The number of aliphatic hydroxyl groups excluding tert-OH is 1. The third-order valence-electron chi connectivity index (χ3n) is 8.40. The summed E-state index contributed by atoms with van der Waals surface area (Å²) in [5.74, 6) is 0. The molecule has 6 rings (SSSR count). The fraction of sp³-hybridized carbons (Fsp3) is 0.324. The zero-order chi connectivity index (χ0) is 28.2. The first kappa shape index (κ1) is 27.1. The van der Waals surface area contributed by atoms with Gasteiger partial charge in [0.1, 0.15) is 0 Å². The van der Waals surface area contributed by atoms with E-state index in [1.807, 2.05) is 30.3 Å². The number of hydrogen-bond acceptors (Lipinski definition) is 5. The highest BCUT2D eigenvalue weighted by Crippen LogP contribution is 2.42. The van der Waals surface area contributed by atoms with Crippen LogP contribution in [0.15, 0.2) is 89.9 Å². The van der Waals surface area contributed by atoms with Crippen LogP contribution < -0.4 is 11.0 Å². The number of aliphatic hydroxyl groups is 1. The third kappa shape index (κ3) is 5.47.